The van der Waals surface area contributed by atoms with E-state index in [0.29, 0.717) is 12.5 Å². The molecule has 15 heavy (non-hydrogen) atoms. The molecule has 0 saturated carbocycles. The molecule has 1 N–H and O–H groups in total. The highest BCUT2D eigenvalue weighted by Gasteiger charge is 2.09. The van der Waals surface area contributed by atoms with Crippen LogP contribution in [0.15, 0.2) is 18.3 Å². The van der Waals surface area contributed by atoms with Crippen molar-refractivity contribution >= 4 is 17.4 Å². The van der Waals surface area contributed by atoms with Crippen LogP contribution >= 0.6 is 11.6 Å². The van der Waals surface area contributed by atoms with Crippen molar-refractivity contribution in [1.29, 1.82) is 0 Å². The zero-order valence-electron chi connectivity index (χ0n) is 9.16. The second-order valence-electron chi connectivity index (χ2n) is 3.44. The second-order valence-corrected chi connectivity index (χ2v) is 3.82. The van der Waals surface area contributed by atoms with Crippen LogP contribution in [-0.2, 0) is 4.74 Å². The number of hydrogen-bond donors (Lipinski definition) is 1. The molecular formula is C11H17ClN2O. The highest BCUT2D eigenvalue weighted by Crippen LogP contribution is 2.12. The number of methoxy groups -OCH3 is 1. The predicted octanol–water partition coefficient (Wildman–Crippen LogP) is 2.45. The van der Waals surface area contributed by atoms with Crippen LogP contribution in [-0.4, -0.2) is 30.6 Å². The minimum atomic E-state index is 0.223. The van der Waals surface area contributed by atoms with E-state index in [4.69, 9.17) is 16.3 Å². The molecule has 0 amide bonds. The molecule has 0 spiro atoms. The highest BCUT2D eigenvalue weighted by molar-refractivity contribution is 6.17. The Morgan fingerprint density at radius 2 is 2.40 bits per heavy atom. The Hall–Kier alpha value is -0.800. The average Bonchev–Trinajstić information content (AvgIpc) is 2.22. The standard InChI is InChI=1S/C11H17ClN2O/c1-9-4-3-7-13-11(9)14-10(5-6-12)8-15-2/h3-4,7,10H,5-6,8H2,1-2H3,(H,13,14). The van der Waals surface area contributed by atoms with E-state index >= 15 is 0 Å². The maximum Gasteiger partial charge on any atom is 0.129 e. The molecule has 1 aromatic heterocycles. The van der Waals surface area contributed by atoms with E-state index in [1.807, 2.05) is 19.1 Å². The Bertz CT molecular complexity index is 288. The van der Waals surface area contributed by atoms with Crippen LogP contribution in [0, 0.1) is 6.92 Å². The van der Waals surface area contributed by atoms with Gasteiger partial charge in [0.05, 0.1) is 12.6 Å². The van der Waals surface area contributed by atoms with E-state index in [0.717, 1.165) is 17.8 Å². The largest absolute Gasteiger partial charge is 0.383 e. The third-order valence-electron chi connectivity index (χ3n) is 2.18. The first-order chi connectivity index (χ1) is 7.27. The van der Waals surface area contributed by atoms with Crippen LogP contribution in [0.3, 0.4) is 0 Å². The van der Waals surface area contributed by atoms with Gasteiger partial charge in [-0.25, -0.2) is 4.98 Å². The molecule has 0 aromatic carbocycles. The van der Waals surface area contributed by atoms with Gasteiger partial charge in [-0.05, 0) is 25.0 Å². The summed E-state index contributed by atoms with van der Waals surface area (Å²) in [5.41, 5.74) is 1.13. The zero-order chi connectivity index (χ0) is 11.1. The Morgan fingerprint density at radius 1 is 1.60 bits per heavy atom. The van der Waals surface area contributed by atoms with Gasteiger partial charge in [-0.2, -0.15) is 0 Å². The van der Waals surface area contributed by atoms with Gasteiger partial charge in [-0.3, -0.25) is 0 Å². The number of aryl methyl sites for hydroxylation is 1. The monoisotopic (exact) mass is 228 g/mol. The lowest BCUT2D eigenvalue weighted by molar-refractivity contribution is 0.184. The van der Waals surface area contributed by atoms with E-state index in [-0.39, 0.29) is 6.04 Å². The number of pyridine rings is 1. The van der Waals surface area contributed by atoms with Crippen molar-refractivity contribution in [3.05, 3.63) is 23.9 Å². The molecule has 1 atom stereocenters. The van der Waals surface area contributed by atoms with Gasteiger partial charge in [-0.1, -0.05) is 6.07 Å². The molecule has 1 rings (SSSR count). The minimum Gasteiger partial charge on any atom is -0.383 e. The van der Waals surface area contributed by atoms with Gasteiger partial charge < -0.3 is 10.1 Å². The molecular weight excluding hydrogens is 212 g/mol. The topological polar surface area (TPSA) is 34.1 Å². The summed E-state index contributed by atoms with van der Waals surface area (Å²) in [4.78, 5) is 4.27. The Balaban J connectivity index is 2.60. The van der Waals surface area contributed by atoms with E-state index in [9.17, 15) is 0 Å². The molecule has 1 aromatic rings. The first kappa shape index (κ1) is 12.3. The summed E-state index contributed by atoms with van der Waals surface area (Å²) in [5.74, 6) is 1.53. The van der Waals surface area contributed by atoms with Gasteiger partial charge in [0.15, 0.2) is 0 Å². The Morgan fingerprint density at radius 3 is 3.00 bits per heavy atom. The summed E-state index contributed by atoms with van der Waals surface area (Å²) >= 11 is 5.72. The summed E-state index contributed by atoms with van der Waals surface area (Å²) in [7, 11) is 1.69. The van der Waals surface area contributed by atoms with Crippen LogP contribution < -0.4 is 5.32 Å². The van der Waals surface area contributed by atoms with E-state index in [1.165, 1.54) is 0 Å². The predicted molar refractivity (Wildman–Crippen MR) is 63.6 cm³/mol. The van der Waals surface area contributed by atoms with E-state index in [2.05, 4.69) is 10.3 Å². The molecule has 0 radical (unpaired) electrons. The molecule has 84 valence electrons. The van der Waals surface area contributed by atoms with Gasteiger partial charge in [0.25, 0.3) is 0 Å². The smallest absolute Gasteiger partial charge is 0.129 e. The molecule has 0 fully saturated rings. The van der Waals surface area contributed by atoms with Gasteiger partial charge in [0.2, 0.25) is 0 Å². The average molecular weight is 229 g/mol. The number of hydrogen-bond acceptors (Lipinski definition) is 3. The number of alkyl halides is 1. The van der Waals surface area contributed by atoms with Crippen molar-refractivity contribution in [1.82, 2.24) is 4.98 Å². The number of rotatable bonds is 6. The number of nitrogens with one attached hydrogen (secondary N) is 1. The molecule has 0 aliphatic carbocycles. The number of nitrogens with zero attached hydrogens (tertiary/aromatic N) is 1. The lowest BCUT2D eigenvalue weighted by Gasteiger charge is -2.18. The summed E-state index contributed by atoms with van der Waals surface area (Å²) in [6, 6.07) is 4.17. The fourth-order valence-corrected chi connectivity index (χ4v) is 1.62. The summed E-state index contributed by atoms with van der Waals surface area (Å²) < 4.78 is 5.12. The third-order valence-corrected chi connectivity index (χ3v) is 2.39. The van der Waals surface area contributed by atoms with Crippen LogP contribution in [0.4, 0.5) is 5.82 Å². The number of halogens is 1. The van der Waals surface area contributed by atoms with Gasteiger partial charge >= 0.3 is 0 Å². The van der Waals surface area contributed by atoms with Crippen LogP contribution in [0.5, 0.6) is 0 Å². The summed E-state index contributed by atoms with van der Waals surface area (Å²) in [6.07, 6.45) is 2.64. The van der Waals surface area contributed by atoms with Crippen molar-refractivity contribution in [3.63, 3.8) is 0 Å². The maximum absolute atomic E-state index is 5.72. The molecule has 0 aliphatic heterocycles. The molecule has 1 heterocycles. The lowest BCUT2D eigenvalue weighted by Crippen LogP contribution is -2.26. The SMILES string of the molecule is COCC(CCCl)Nc1ncccc1C. The van der Waals surface area contributed by atoms with E-state index in [1.54, 1.807) is 13.3 Å². The lowest BCUT2D eigenvalue weighted by atomic mass is 10.2. The molecule has 0 saturated heterocycles. The van der Waals surface area contributed by atoms with Crippen LogP contribution in [0.1, 0.15) is 12.0 Å². The Kier molecular flexibility index (Phi) is 5.43. The van der Waals surface area contributed by atoms with Gasteiger partial charge in [-0.15, -0.1) is 11.6 Å². The van der Waals surface area contributed by atoms with Crippen LogP contribution in [0.25, 0.3) is 0 Å². The van der Waals surface area contributed by atoms with Crippen molar-refractivity contribution in [3.8, 4) is 0 Å². The van der Waals surface area contributed by atoms with Gasteiger partial charge in [0.1, 0.15) is 5.82 Å². The van der Waals surface area contributed by atoms with Crippen molar-refractivity contribution in [2.24, 2.45) is 0 Å². The fourth-order valence-electron chi connectivity index (χ4n) is 1.36. The molecule has 3 nitrogen and oxygen atoms in total. The maximum atomic E-state index is 5.72. The molecule has 4 heteroatoms. The highest BCUT2D eigenvalue weighted by atomic mass is 35.5. The van der Waals surface area contributed by atoms with Crippen molar-refractivity contribution in [2.45, 2.75) is 19.4 Å². The summed E-state index contributed by atoms with van der Waals surface area (Å²) in [5, 5.41) is 3.33. The molecule has 1 unspecified atom stereocenters. The number of ether oxygens (including phenoxy) is 1. The van der Waals surface area contributed by atoms with Crippen molar-refractivity contribution < 1.29 is 4.74 Å². The second kappa shape index (κ2) is 6.64. The first-order valence-corrected chi connectivity index (χ1v) is 5.54. The third kappa shape index (κ3) is 4.06. The Labute approximate surface area is 95.8 Å². The number of anilines is 1. The number of aromatic nitrogens is 1. The van der Waals surface area contributed by atoms with E-state index < -0.39 is 0 Å². The molecule has 0 bridgehead atoms. The van der Waals surface area contributed by atoms with Gasteiger partial charge in [0, 0.05) is 19.2 Å². The first-order valence-electron chi connectivity index (χ1n) is 5.01. The van der Waals surface area contributed by atoms with Crippen LogP contribution in [0.2, 0.25) is 0 Å². The van der Waals surface area contributed by atoms with Crippen molar-refractivity contribution in [2.75, 3.05) is 24.9 Å². The minimum absolute atomic E-state index is 0.223. The normalized spacial score (nSPS) is 12.5. The summed E-state index contributed by atoms with van der Waals surface area (Å²) in [6.45, 7) is 2.67. The quantitative estimate of drug-likeness (QED) is 0.760. The zero-order valence-corrected chi connectivity index (χ0v) is 9.92. The molecule has 0 aliphatic rings. The fraction of sp³-hybridized carbons (Fsp3) is 0.545.